The minimum Gasteiger partial charge on any atom is -0.352 e. The minimum absolute atomic E-state index is 0.112. The summed E-state index contributed by atoms with van der Waals surface area (Å²) < 4.78 is 0. The lowest BCUT2D eigenvalue weighted by atomic mass is 9.94. The van der Waals surface area contributed by atoms with Crippen molar-refractivity contribution in [1.82, 2.24) is 15.2 Å². The van der Waals surface area contributed by atoms with Gasteiger partial charge in [0.05, 0.1) is 16.8 Å². The number of nitrogens with zero attached hydrogens (tertiary/aromatic N) is 2. The fourth-order valence-corrected chi connectivity index (χ4v) is 5.44. The molecule has 2 amide bonds. The molecule has 0 bridgehead atoms. The normalized spacial score (nSPS) is 14.2. The van der Waals surface area contributed by atoms with Crippen LogP contribution in [0.3, 0.4) is 0 Å². The summed E-state index contributed by atoms with van der Waals surface area (Å²) in [5.41, 5.74) is 2.71. The second-order valence-electron chi connectivity index (χ2n) is 8.58. The fourth-order valence-electron chi connectivity index (χ4n) is 4.47. The van der Waals surface area contributed by atoms with Crippen LogP contribution in [0.15, 0.2) is 65.7 Å². The lowest BCUT2D eigenvalue weighted by molar-refractivity contribution is -0.129. The van der Waals surface area contributed by atoms with Crippen LogP contribution in [0.25, 0.3) is 10.9 Å². The highest BCUT2D eigenvalue weighted by molar-refractivity contribution is 8.00. The van der Waals surface area contributed by atoms with Crippen LogP contribution in [0.4, 0.5) is 0 Å². The van der Waals surface area contributed by atoms with E-state index in [4.69, 9.17) is 0 Å². The first-order valence-electron chi connectivity index (χ1n) is 11.7. The predicted octanol–water partition coefficient (Wildman–Crippen LogP) is 5.09. The van der Waals surface area contributed by atoms with Gasteiger partial charge in [-0.25, -0.2) is 0 Å². The van der Waals surface area contributed by atoms with Crippen LogP contribution in [-0.2, 0) is 11.2 Å². The summed E-state index contributed by atoms with van der Waals surface area (Å²) in [5, 5.41) is 4.14. The maximum atomic E-state index is 12.9. The van der Waals surface area contributed by atoms with Crippen LogP contribution in [0.1, 0.15) is 48.0 Å². The largest absolute Gasteiger partial charge is 0.352 e. The Kier molecular flexibility index (Phi) is 8.00. The summed E-state index contributed by atoms with van der Waals surface area (Å²) in [6.45, 7) is 0.525. The van der Waals surface area contributed by atoms with Crippen LogP contribution >= 0.6 is 11.8 Å². The number of aromatic nitrogens is 1. The molecule has 1 aliphatic rings. The molecular weight excluding hydrogens is 430 g/mol. The number of carbonyl (C=O) groups excluding carboxylic acids is 2. The maximum absolute atomic E-state index is 12.9. The highest BCUT2D eigenvalue weighted by Gasteiger charge is 2.22. The molecular formula is C27H31N3O2S. The summed E-state index contributed by atoms with van der Waals surface area (Å²) in [7, 11) is 1.92. The Morgan fingerprint density at radius 3 is 2.67 bits per heavy atom. The molecule has 2 aromatic carbocycles. The summed E-state index contributed by atoms with van der Waals surface area (Å²) in [6, 6.07) is 18.0. The van der Waals surface area contributed by atoms with Gasteiger partial charge in [-0.15, -0.1) is 11.8 Å². The standard InChI is InChI=1S/C27H31N3O2S/c1-30(22-12-3-2-4-13-22)25(31)19-33-24-15-6-5-14-23(24)27(32)29-18-16-21-10-7-9-20-11-8-17-28-26(20)21/h5-11,14-15,17,22H,2-4,12-13,16,18-19H2,1H3,(H,29,32). The van der Waals surface area contributed by atoms with Crippen molar-refractivity contribution in [3.05, 3.63) is 71.9 Å². The van der Waals surface area contributed by atoms with E-state index in [9.17, 15) is 9.59 Å². The molecule has 1 heterocycles. The molecule has 1 aliphatic carbocycles. The molecule has 0 atom stereocenters. The topological polar surface area (TPSA) is 62.3 Å². The molecule has 1 saturated carbocycles. The van der Waals surface area contributed by atoms with E-state index in [1.54, 1.807) is 6.20 Å². The van der Waals surface area contributed by atoms with E-state index in [0.717, 1.165) is 34.2 Å². The molecule has 1 fully saturated rings. The molecule has 5 nitrogen and oxygen atoms in total. The van der Waals surface area contributed by atoms with Gasteiger partial charge >= 0.3 is 0 Å². The van der Waals surface area contributed by atoms with Gasteiger partial charge in [0.1, 0.15) is 0 Å². The zero-order valence-electron chi connectivity index (χ0n) is 19.1. The van der Waals surface area contributed by atoms with Crippen molar-refractivity contribution >= 4 is 34.5 Å². The molecule has 1 aromatic heterocycles. The Labute approximate surface area is 200 Å². The van der Waals surface area contributed by atoms with Gasteiger partial charge in [0, 0.05) is 36.1 Å². The van der Waals surface area contributed by atoms with E-state index in [2.05, 4.69) is 16.4 Å². The number of hydrogen-bond donors (Lipinski definition) is 1. The van der Waals surface area contributed by atoms with Gasteiger partial charge in [-0.1, -0.05) is 55.7 Å². The predicted molar refractivity (Wildman–Crippen MR) is 135 cm³/mol. The molecule has 0 radical (unpaired) electrons. The second-order valence-corrected chi connectivity index (χ2v) is 9.60. The average Bonchev–Trinajstić information content (AvgIpc) is 2.87. The van der Waals surface area contributed by atoms with E-state index in [1.807, 2.05) is 60.5 Å². The van der Waals surface area contributed by atoms with E-state index in [0.29, 0.717) is 30.3 Å². The summed E-state index contributed by atoms with van der Waals surface area (Å²) in [4.78, 5) is 32.9. The molecule has 172 valence electrons. The molecule has 0 spiro atoms. The number of carbonyl (C=O) groups is 2. The van der Waals surface area contributed by atoms with E-state index in [1.165, 1.54) is 31.0 Å². The van der Waals surface area contributed by atoms with Crippen LogP contribution in [0.5, 0.6) is 0 Å². The second kappa shape index (κ2) is 11.3. The molecule has 4 rings (SSSR count). The van der Waals surface area contributed by atoms with Crippen LogP contribution in [-0.4, -0.2) is 47.1 Å². The summed E-state index contributed by atoms with van der Waals surface area (Å²) >= 11 is 1.45. The molecule has 0 unspecified atom stereocenters. The van der Waals surface area contributed by atoms with Crippen molar-refractivity contribution in [3.8, 4) is 0 Å². The van der Waals surface area contributed by atoms with Gasteiger partial charge in [-0.05, 0) is 43.0 Å². The van der Waals surface area contributed by atoms with Crippen LogP contribution in [0.2, 0.25) is 0 Å². The minimum atomic E-state index is -0.112. The molecule has 0 aliphatic heterocycles. The van der Waals surface area contributed by atoms with Crippen molar-refractivity contribution in [2.75, 3.05) is 19.3 Å². The Bertz CT molecular complexity index is 1110. The van der Waals surface area contributed by atoms with Gasteiger partial charge in [0.25, 0.3) is 5.91 Å². The monoisotopic (exact) mass is 461 g/mol. The molecule has 1 N–H and O–H groups in total. The van der Waals surface area contributed by atoms with Gasteiger partial charge < -0.3 is 10.2 Å². The first kappa shape index (κ1) is 23.3. The number of hydrogen-bond acceptors (Lipinski definition) is 4. The highest BCUT2D eigenvalue weighted by atomic mass is 32.2. The van der Waals surface area contributed by atoms with Crippen LogP contribution < -0.4 is 5.32 Å². The highest BCUT2D eigenvalue weighted by Crippen LogP contribution is 2.26. The van der Waals surface area contributed by atoms with Gasteiger partial charge in [0.2, 0.25) is 5.91 Å². The SMILES string of the molecule is CN(C(=O)CSc1ccccc1C(=O)NCCc1cccc2cccnc12)C1CCCCC1. The zero-order chi connectivity index (χ0) is 23.0. The Hall–Kier alpha value is -2.86. The summed E-state index contributed by atoms with van der Waals surface area (Å²) in [6.07, 6.45) is 8.37. The molecule has 33 heavy (non-hydrogen) atoms. The Morgan fingerprint density at radius 2 is 1.82 bits per heavy atom. The van der Waals surface area contributed by atoms with E-state index >= 15 is 0 Å². The fraction of sp³-hybridized carbons (Fsp3) is 0.370. The van der Waals surface area contributed by atoms with Crippen LogP contribution in [0, 0.1) is 0 Å². The Balaban J connectivity index is 1.33. The first-order chi connectivity index (χ1) is 16.1. The molecule has 3 aromatic rings. The third-order valence-electron chi connectivity index (χ3n) is 6.39. The van der Waals surface area contributed by atoms with Crippen molar-refractivity contribution in [2.24, 2.45) is 0 Å². The van der Waals surface area contributed by atoms with Gasteiger partial charge in [-0.2, -0.15) is 0 Å². The van der Waals surface area contributed by atoms with Crippen molar-refractivity contribution in [3.63, 3.8) is 0 Å². The number of amides is 2. The molecule has 0 saturated heterocycles. The zero-order valence-corrected chi connectivity index (χ0v) is 19.9. The maximum Gasteiger partial charge on any atom is 0.252 e. The number of para-hydroxylation sites is 1. The quantitative estimate of drug-likeness (QED) is 0.475. The first-order valence-corrected chi connectivity index (χ1v) is 12.7. The Morgan fingerprint density at radius 1 is 1.03 bits per heavy atom. The lowest BCUT2D eigenvalue weighted by Crippen LogP contribution is -2.39. The smallest absolute Gasteiger partial charge is 0.252 e. The average molecular weight is 462 g/mol. The number of rotatable bonds is 8. The van der Waals surface area contributed by atoms with Gasteiger partial charge in [-0.3, -0.25) is 14.6 Å². The van der Waals surface area contributed by atoms with Crippen molar-refractivity contribution in [1.29, 1.82) is 0 Å². The summed E-state index contributed by atoms with van der Waals surface area (Å²) in [5.74, 6) is 0.365. The van der Waals surface area contributed by atoms with E-state index in [-0.39, 0.29) is 11.8 Å². The number of nitrogens with one attached hydrogen (secondary N) is 1. The van der Waals surface area contributed by atoms with Crippen molar-refractivity contribution in [2.45, 2.75) is 49.5 Å². The molecule has 6 heteroatoms. The van der Waals surface area contributed by atoms with E-state index < -0.39 is 0 Å². The third kappa shape index (κ3) is 5.93. The van der Waals surface area contributed by atoms with Crippen molar-refractivity contribution < 1.29 is 9.59 Å². The van der Waals surface area contributed by atoms with Gasteiger partial charge in [0.15, 0.2) is 0 Å². The third-order valence-corrected chi connectivity index (χ3v) is 7.45. The number of pyridine rings is 1. The number of benzene rings is 2. The number of thioether (sulfide) groups is 1. The number of fused-ring (bicyclic) bond motifs is 1. The lowest BCUT2D eigenvalue weighted by Gasteiger charge is -2.31.